The zero-order chi connectivity index (χ0) is 20.8. The Bertz CT molecular complexity index is 966. The first-order valence-electron chi connectivity index (χ1n) is 8.94. The molecule has 1 N–H and O–H groups in total. The van der Waals surface area contributed by atoms with Crippen molar-refractivity contribution in [3.63, 3.8) is 0 Å². The SMILES string of the molecule is CC(=O)O[C@@H](C(=O)NCCc1cccs1)[C@@H](OC(C)=O)c1nc2ccccc2s1. The number of hydrogen-bond donors (Lipinski definition) is 1. The number of para-hydroxylation sites is 1. The molecule has 1 aromatic carbocycles. The number of hydrogen-bond acceptors (Lipinski definition) is 8. The van der Waals surface area contributed by atoms with Crippen LogP contribution < -0.4 is 5.32 Å². The lowest BCUT2D eigenvalue weighted by Crippen LogP contribution is -2.43. The molecule has 0 bridgehead atoms. The lowest BCUT2D eigenvalue weighted by molar-refractivity contribution is -0.171. The van der Waals surface area contributed by atoms with E-state index in [1.54, 1.807) is 11.3 Å². The van der Waals surface area contributed by atoms with Crippen molar-refractivity contribution in [2.24, 2.45) is 0 Å². The lowest BCUT2D eigenvalue weighted by atomic mass is 10.2. The van der Waals surface area contributed by atoms with Gasteiger partial charge in [-0.2, -0.15) is 0 Å². The van der Waals surface area contributed by atoms with Crippen molar-refractivity contribution >= 4 is 50.7 Å². The largest absolute Gasteiger partial charge is 0.451 e. The number of rotatable bonds is 8. The first kappa shape index (κ1) is 20.9. The average molecular weight is 433 g/mol. The molecule has 0 saturated carbocycles. The Labute approximate surface area is 175 Å². The van der Waals surface area contributed by atoms with E-state index < -0.39 is 30.1 Å². The van der Waals surface area contributed by atoms with Crippen molar-refractivity contribution < 1.29 is 23.9 Å². The minimum absolute atomic E-state index is 0.365. The monoisotopic (exact) mass is 432 g/mol. The molecule has 3 rings (SSSR count). The van der Waals surface area contributed by atoms with Crippen LogP contribution in [0.25, 0.3) is 10.2 Å². The predicted octanol–water partition coefficient (Wildman–Crippen LogP) is 3.25. The second-order valence-corrected chi connectivity index (χ2v) is 8.29. The smallest absolute Gasteiger partial charge is 0.303 e. The van der Waals surface area contributed by atoms with E-state index in [0.717, 1.165) is 9.58 Å². The third kappa shape index (κ3) is 5.61. The van der Waals surface area contributed by atoms with Crippen LogP contribution in [0.15, 0.2) is 41.8 Å². The summed E-state index contributed by atoms with van der Waals surface area (Å²) in [4.78, 5) is 41.8. The van der Waals surface area contributed by atoms with E-state index in [9.17, 15) is 14.4 Å². The molecule has 9 heteroatoms. The van der Waals surface area contributed by atoms with Crippen molar-refractivity contribution in [1.82, 2.24) is 10.3 Å². The highest BCUT2D eigenvalue weighted by molar-refractivity contribution is 7.18. The molecular formula is C20H20N2O5S2. The highest BCUT2D eigenvalue weighted by atomic mass is 32.1. The molecule has 2 aromatic heterocycles. The minimum Gasteiger partial charge on any atom is -0.451 e. The summed E-state index contributed by atoms with van der Waals surface area (Å²) in [6, 6.07) is 11.3. The molecular weight excluding hydrogens is 412 g/mol. The third-order valence-corrected chi connectivity index (χ3v) is 5.96. The van der Waals surface area contributed by atoms with Gasteiger partial charge in [-0.1, -0.05) is 18.2 Å². The second kappa shape index (κ2) is 9.62. The Morgan fingerprint density at radius 2 is 1.83 bits per heavy atom. The fourth-order valence-corrected chi connectivity index (χ4v) is 4.46. The number of esters is 2. The number of fused-ring (bicyclic) bond motifs is 1. The van der Waals surface area contributed by atoms with Gasteiger partial charge in [0.2, 0.25) is 6.10 Å². The fraction of sp³-hybridized carbons (Fsp3) is 0.300. The number of thiazole rings is 1. The number of benzene rings is 1. The molecule has 7 nitrogen and oxygen atoms in total. The summed E-state index contributed by atoms with van der Waals surface area (Å²) in [5.41, 5.74) is 0.712. The van der Waals surface area contributed by atoms with E-state index in [1.165, 1.54) is 25.2 Å². The van der Waals surface area contributed by atoms with E-state index in [4.69, 9.17) is 9.47 Å². The Morgan fingerprint density at radius 3 is 2.48 bits per heavy atom. The van der Waals surface area contributed by atoms with Crippen LogP contribution in [0.1, 0.15) is 29.8 Å². The maximum absolute atomic E-state index is 12.8. The Hall–Kier alpha value is -2.78. The topological polar surface area (TPSA) is 94.6 Å². The molecule has 152 valence electrons. The number of nitrogens with one attached hydrogen (secondary N) is 1. The maximum atomic E-state index is 12.8. The highest BCUT2D eigenvalue weighted by Crippen LogP contribution is 2.32. The summed E-state index contributed by atoms with van der Waals surface area (Å²) < 4.78 is 11.5. The summed E-state index contributed by atoms with van der Waals surface area (Å²) >= 11 is 2.88. The lowest BCUT2D eigenvalue weighted by Gasteiger charge is -2.24. The van der Waals surface area contributed by atoms with Crippen molar-refractivity contribution in [2.45, 2.75) is 32.5 Å². The maximum Gasteiger partial charge on any atom is 0.303 e. The Kier molecular flexibility index (Phi) is 6.95. The minimum atomic E-state index is -1.33. The van der Waals surface area contributed by atoms with E-state index in [-0.39, 0.29) is 0 Å². The quantitative estimate of drug-likeness (QED) is 0.549. The van der Waals surface area contributed by atoms with Crippen LogP contribution >= 0.6 is 22.7 Å². The highest BCUT2D eigenvalue weighted by Gasteiger charge is 2.37. The molecule has 0 unspecified atom stereocenters. The molecule has 0 spiro atoms. The molecule has 2 atom stereocenters. The van der Waals surface area contributed by atoms with E-state index in [2.05, 4.69) is 10.3 Å². The van der Waals surface area contributed by atoms with Crippen LogP contribution in [0.4, 0.5) is 0 Å². The van der Waals surface area contributed by atoms with Crippen LogP contribution in [-0.2, 0) is 30.3 Å². The van der Waals surface area contributed by atoms with Crippen LogP contribution in [-0.4, -0.2) is 35.5 Å². The van der Waals surface area contributed by atoms with Gasteiger partial charge in [0.15, 0.2) is 6.10 Å². The molecule has 0 aliphatic heterocycles. The third-order valence-electron chi connectivity index (χ3n) is 3.92. The summed E-state index contributed by atoms with van der Waals surface area (Å²) in [5, 5.41) is 5.11. The zero-order valence-corrected chi connectivity index (χ0v) is 17.5. The molecule has 0 fully saturated rings. The molecule has 2 heterocycles. The van der Waals surface area contributed by atoms with Crippen molar-refractivity contribution in [3.8, 4) is 0 Å². The van der Waals surface area contributed by atoms with Gasteiger partial charge in [-0.05, 0) is 30.0 Å². The number of aromatic nitrogens is 1. The predicted molar refractivity (Wildman–Crippen MR) is 111 cm³/mol. The number of carbonyl (C=O) groups is 3. The number of ether oxygens (including phenoxy) is 2. The van der Waals surface area contributed by atoms with Crippen molar-refractivity contribution in [2.75, 3.05) is 6.54 Å². The van der Waals surface area contributed by atoms with Crippen LogP contribution in [0.2, 0.25) is 0 Å². The molecule has 1 amide bonds. The van der Waals surface area contributed by atoms with Crippen LogP contribution in [0.5, 0.6) is 0 Å². The number of thiophene rings is 1. The molecule has 0 aliphatic rings. The van der Waals surface area contributed by atoms with E-state index >= 15 is 0 Å². The first-order valence-corrected chi connectivity index (χ1v) is 10.6. The van der Waals surface area contributed by atoms with Gasteiger partial charge in [0, 0.05) is 25.3 Å². The van der Waals surface area contributed by atoms with Crippen molar-refractivity contribution in [3.05, 3.63) is 51.7 Å². The average Bonchev–Trinajstić information content (AvgIpc) is 3.33. The molecule has 29 heavy (non-hydrogen) atoms. The summed E-state index contributed by atoms with van der Waals surface area (Å²) in [5.74, 6) is -1.79. The van der Waals surface area contributed by atoms with Gasteiger partial charge in [-0.15, -0.1) is 22.7 Å². The first-order chi connectivity index (χ1) is 13.9. The van der Waals surface area contributed by atoms with Gasteiger partial charge >= 0.3 is 11.9 Å². The molecule has 3 aromatic rings. The summed E-state index contributed by atoms with van der Waals surface area (Å²) in [7, 11) is 0. The van der Waals surface area contributed by atoms with Crippen molar-refractivity contribution in [1.29, 1.82) is 0 Å². The van der Waals surface area contributed by atoms with Gasteiger partial charge in [-0.25, -0.2) is 4.98 Å². The van der Waals surface area contributed by atoms with Crippen LogP contribution in [0.3, 0.4) is 0 Å². The summed E-state index contributed by atoms with van der Waals surface area (Å²) in [6.07, 6.45) is -1.81. The van der Waals surface area contributed by atoms with Gasteiger partial charge in [0.05, 0.1) is 10.2 Å². The normalized spacial score (nSPS) is 12.9. The van der Waals surface area contributed by atoms with E-state index in [1.807, 2.05) is 41.8 Å². The molecule has 0 saturated heterocycles. The van der Waals surface area contributed by atoms with E-state index in [0.29, 0.717) is 23.5 Å². The van der Waals surface area contributed by atoms with Crippen LogP contribution in [0, 0.1) is 0 Å². The van der Waals surface area contributed by atoms with Gasteiger partial charge < -0.3 is 14.8 Å². The molecule has 0 aliphatic carbocycles. The second-order valence-electron chi connectivity index (χ2n) is 6.20. The van der Waals surface area contributed by atoms with Gasteiger partial charge in [0.25, 0.3) is 5.91 Å². The Balaban J connectivity index is 1.83. The Morgan fingerprint density at radius 1 is 1.07 bits per heavy atom. The number of carbonyl (C=O) groups excluding carboxylic acids is 3. The fourth-order valence-electron chi connectivity index (χ4n) is 2.73. The number of nitrogens with zero attached hydrogens (tertiary/aromatic N) is 1. The molecule has 0 radical (unpaired) electrons. The zero-order valence-electron chi connectivity index (χ0n) is 15.9. The summed E-state index contributed by atoms with van der Waals surface area (Å²) in [6.45, 7) is 2.80. The number of amides is 1. The van der Waals surface area contributed by atoms with Gasteiger partial charge in [0.1, 0.15) is 5.01 Å². The van der Waals surface area contributed by atoms with Gasteiger partial charge in [-0.3, -0.25) is 14.4 Å². The standard InChI is InChI=1S/C20H20N2O5S2/c1-12(23)26-17(19(25)21-10-9-14-6-5-11-28-14)18(27-13(2)24)20-22-15-7-3-4-8-16(15)29-20/h3-8,11,17-18H,9-10H2,1-2H3,(H,21,25)/t17-,18-/m1/s1.